The van der Waals surface area contributed by atoms with Crippen LogP contribution in [0.25, 0.3) is 0 Å². The Morgan fingerprint density at radius 3 is 2.49 bits per heavy atom. The minimum Gasteiger partial charge on any atom is -0.406 e. The third kappa shape index (κ3) is 6.22. The number of carbonyl (C=O) groups excluding carboxylic acids is 1. The lowest BCUT2D eigenvalue weighted by molar-refractivity contribution is -0.274. The van der Waals surface area contributed by atoms with Crippen LogP contribution < -0.4 is 4.74 Å². The van der Waals surface area contributed by atoms with Crippen molar-refractivity contribution >= 4 is 6.03 Å². The molecule has 0 saturated carbocycles. The lowest BCUT2D eigenvalue weighted by Gasteiger charge is -2.40. The SMILES string of the molecule is COCc1noc(C2CC(c3ccc(OC(F)(F)F)cc3)CN(C(=O)N3CCC(C#N)CC3)C2)n1. The van der Waals surface area contributed by atoms with Crippen molar-refractivity contribution in [3.8, 4) is 11.8 Å². The summed E-state index contributed by atoms with van der Waals surface area (Å²) in [5, 5.41) is 13.1. The van der Waals surface area contributed by atoms with Crippen molar-refractivity contribution in [3.05, 3.63) is 41.5 Å². The van der Waals surface area contributed by atoms with Crippen LogP contribution in [0.3, 0.4) is 0 Å². The van der Waals surface area contributed by atoms with Gasteiger partial charge < -0.3 is 23.8 Å². The number of piperidine rings is 2. The standard InChI is InChI=1S/C23H26F3N5O4/c1-33-14-20-28-21(35-29-20)18-10-17(16-2-4-19(5-3-16)34-23(24,25)26)12-31(13-18)22(32)30-8-6-15(11-27)7-9-30/h2-5,15,17-18H,6-10,12-14H2,1H3. The molecule has 2 fully saturated rings. The van der Waals surface area contributed by atoms with Crippen molar-refractivity contribution in [1.29, 1.82) is 5.26 Å². The second kappa shape index (κ2) is 10.5. The van der Waals surface area contributed by atoms with Gasteiger partial charge in [-0.25, -0.2) is 4.79 Å². The number of likely N-dealkylation sites (tertiary alicyclic amines) is 2. The molecule has 188 valence electrons. The fourth-order valence-corrected chi connectivity index (χ4v) is 4.64. The number of methoxy groups -OCH3 is 1. The molecule has 2 aromatic rings. The zero-order valence-corrected chi connectivity index (χ0v) is 19.2. The molecule has 1 aromatic carbocycles. The lowest BCUT2D eigenvalue weighted by atomic mass is 9.84. The van der Waals surface area contributed by atoms with E-state index in [4.69, 9.17) is 14.5 Å². The summed E-state index contributed by atoms with van der Waals surface area (Å²) < 4.78 is 52.1. The van der Waals surface area contributed by atoms with Crippen LogP contribution in [0.5, 0.6) is 5.75 Å². The van der Waals surface area contributed by atoms with Gasteiger partial charge in [-0.2, -0.15) is 10.2 Å². The fraction of sp³-hybridized carbons (Fsp3) is 0.565. The number of nitrogens with zero attached hydrogens (tertiary/aromatic N) is 5. The van der Waals surface area contributed by atoms with Gasteiger partial charge in [0.25, 0.3) is 0 Å². The van der Waals surface area contributed by atoms with Gasteiger partial charge in [0.2, 0.25) is 5.89 Å². The number of carbonyl (C=O) groups is 1. The first-order valence-corrected chi connectivity index (χ1v) is 11.4. The lowest BCUT2D eigenvalue weighted by Crippen LogP contribution is -2.51. The Balaban J connectivity index is 1.53. The van der Waals surface area contributed by atoms with E-state index in [1.807, 2.05) is 0 Å². The molecule has 3 heterocycles. The number of ether oxygens (including phenoxy) is 2. The van der Waals surface area contributed by atoms with E-state index in [0.717, 1.165) is 5.56 Å². The van der Waals surface area contributed by atoms with Crippen LogP contribution in [-0.2, 0) is 11.3 Å². The molecule has 2 amide bonds. The highest BCUT2D eigenvalue weighted by atomic mass is 19.4. The van der Waals surface area contributed by atoms with Gasteiger partial charge in [-0.1, -0.05) is 17.3 Å². The average molecular weight is 493 g/mol. The highest BCUT2D eigenvalue weighted by molar-refractivity contribution is 5.75. The van der Waals surface area contributed by atoms with Gasteiger partial charge in [-0.3, -0.25) is 0 Å². The summed E-state index contributed by atoms with van der Waals surface area (Å²) in [6, 6.07) is 7.84. The van der Waals surface area contributed by atoms with E-state index in [1.165, 1.54) is 19.2 Å². The summed E-state index contributed by atoms with van der Waals surface area (Å²) in [5.74, 6) is 0.0269. The van der Waals surface area contributed by atoms with E-state index in [-0.39, 0.29) is 36.1 Å². The molecule has 9 nitrogen and oxygen atoms in total. The molecule has 0 bridgehead atoms. The second-order valence-electron chi connectivity index (χ2n) is 8.81. The van der Waals surface area contributed by atoms with Gasteiger partial charge in [-0.05, 0) is 37.0 Å². The number of aromatic nitrogens is 2. The maximum atomic E-state index is 13.4. The zero-order valence-electron chi connectivity index (χ0n) is 19.2. The number of nitriles is 1. The van der Waals surface area contributed by atoms with Gasteiger partial charge in [0.1, 0.15) is 12.4 Å². The summed E-state index contributed by atoms with van der Waals surface area (Å²) in [4.78, 5) is 21.2. The van der Waals surface area contributed by atoms with Crippen molar-refractivity contribution in [2.75, 3.05) is 33.3 Å². The largest absolute Gasteiger partial charge is 0.573 e. The summed E-state index contributed by atoms with van der Waals surface area (Å²) in [7, 11) is 1.52. The Labute approximate surface area is 200 Å². The summed E-state index contributed by atoms with van der Waals surface area (Å²) in [5.41, 5.74) is 0.779. The molecule has 12 heteroatoms. The normalized spacial score (nSPS) is 21.6. The van der Waals surface area contributed by atoms with E-state index in [1.54, 1.807) is 21.9 Å². The molecule has 2 aliphatic heterocycles. The van der Waals surface area contributed by atoms with Crippen molar-refractivity contribution in [2.24, 2.45) is 5.92 Å². The molecule has 1 aromatic heterocycles. The van der Waals surface area contributed by atoms with E-state index < -0.39 is 6.36 Å². The Morgan fingerprint density at radius 1 is 1.17 bits per heavy atom. The number of halogens is 3. The monoisotopic (exact) mass is 493 g/mol. The molecule has 0 spiro atoms. The molecule has 2 aliphatic rings. The fourth-order valence-electron chi connectivity index (χ4n) is 4.64. The first-order chi connectivity index (χ1) is 16.8. The Morgan fingerprint density at radius 2 is 1.86 bits per heavy atom. The number of urea groups is 1. The molecule has 2 atom stereocenters. The van der Waals surface area contributed by atoms with Gasteiger partial charge >= 0.3 is 12.4 Å². The quantitative estimate of drug-likeness (QED) is 0.619. The number of benzene rings is 1. The van der Waals surface area contributed by atoms with E-state index in [2.05, 4.69) is 20.9 Å². The van der Waals surface area contributed by atoms with Crippen molar-refractivity contribution in [2.45, 2.75) is 44.1 Å². The van der Waals surface area contributed by atoms with Crippen LogP contribution in [0.15, 0.2) is 28.8 Å². The molecule has 2 saturated heterocycles. The smallest absolute Gasteiger partial charge is 0.406 e. The topological polar surface area (TPSA) is 105 Å². The molecular weight excluding hydrogens is 467 g/mol. The molecule has 0 N–H and O–H groups in total. The Bertz CT molecular complexity index is 1040. The number of amides is 2. The van der Waals surface area contributed by atoms with Gasteiger partial charge in [0.05, 0.1) is 12.0 Å². The summed E-state index contributed by atoms with van der Waals surface area (Å²) >= 11 is 0. The van der Waals surface area contributed by atoms with E-state index >= 15 is 0 Å². The zero-order chi connectivity index (χ0) is 25.0. The summed E-state index contributed by atoms with van der Waals surface area (Å²) in [6.07, 6.45) is -2.92. The first kappa shape index (κ1) is 24.8. The van der Waals surface area contributed by atoms with Crippen LogP contribution in [0.1, 0.15) is 48.4 Å². The van der Waals surface area contributed by atoms with Crippen molar-refractivity contribution in [3.63, 3.8) is 0 Å². The molecule has 0 aliphatic carbocycles. The molecule has 0 radical (unpaired) electrons. The maximum Gasteiger partial charge on any atom is 0.573 e. The van der Waals surface area contributed by atoms with Gasteiger partial charge in [0, 0.05) is 45.1 Å². The first-order valence-electron chi connectivity index (χ1n) is 11.4. The average Bonchev–Trinajstić information content (AvgIpc) is 3.32. The van der Waals surface area contributed by atoms with Crippen molar-refractivity contribution in [1.82, 2.24) is 19.9 Å². The predicted molar refractivity (Wildman–Crippen MR) is 115 cm³/mol. The maximum absolute atomic E-state index is 13.4. The van der Waals surface area contributed by atoms with Crippen LogP contribution in [-0.4, -0.2) is 65.6 Å². The summed E-state index contributed by atoms with van der Waals surface area (Å²) in [6.45, 7) is 1.97. The van der Waals surface area contributed by atoms with E-state index in [0.29, 0.717) is 57.2 Å². The van der Waals surface area contributed by atoms with Gasteiger partial charge in [0.15, 0.2) is 5.82 Å². The third-order valence-electron chi connectivity index (χ3n) is 6.36. The third-order valence-corrected chi connectivity index (χ3v) is 6.36. The number of alkyl halides is 3. The minimum atomic E-state index is -4.77. The highest BCUT2D eigenvalue weighted by Gasteiger charge is 2.37. The van der Waals surface area contributed by atoms with Crippen LogP contribution in [0.2, 0.25) is 0 Å². The molecule has 2 unspecified atom stereocenters. The van der Waals surface area contributed by atoms with Crippen LogP contribution in [0, 0.1) is 17.2 Å². The Hall–Kier alpha value is -3.33. The minimum absolute atomic E-state index is 0.0454. The number of rotatable bonds is 5. The number of hydrogen-bond donors (Lipinski definition) is 0. The van der Waals surface area contributed by atoms with Crippen LogP contribution in [0.4, 0.5) is 18.0 Å². The predicted octanol–water partition coefficient (Wildman–Crippen LogP) is 4.04. The highest BCUT2D eigenvalue weighted by Crippen LogP contribution is 2.37. The number of hydrogen-bond acceptors (Lipinski definition) is 7. The van der Waals surface area contributed by atoms with Crippen LogP contribution >= 0.6 is 0 Å². The van der Waals surface area contributed by atoms with Crippen molar-refractivity contribution < 1.29 is 32.0 Å². The molecule has 4 rings (SSSR count). The van der Waals surface area contributed by atoms with Gasteiger partial charge in [-0.15, -0.1) is 13.2 Å². The second-order valence-corrected chi connectivity index (χ2v) is 8.81. The van der Waals surface area contributed by atoms with E-state index in [9.17, 15) is 18.0 Å². The molecule has 35 heavy (non-hydrogen) atoms. The Kier molecular flexibility index (Phi) is 7.45. The molecular formula is C23H26F3N5O4.